The van der Waals surface area contributed by atoms with Gasteiger partial charge in [-0.15, -0.1) is 0 Å². The number of carbonyl (C=O) groups is 1. The Morgan fingerprint density at radius 3 is 2.38 bits per heavy atom. The van der Waals surface area contributed by atoms with Crippen molar-refractivity contribution < 1.29 is 49.4 Å². The standard InChI is InChI=1S/C28H22ClF6NO5S/c1-16(26-21(28(33,34)35)6-3-7-22(26)29)12-17-8-10-24-23(13-17)36(15-19(41-24)9-11-25(37)38)42(39,40)20-5-2-4-18(14-20)27(30,31)32/h2-8,10,12-14,19H,9,11,15H2,1H3,(H,37,38)/b16-12+/t19-/m0/s1. The quantitative estimate of drug-likeness (QED) is 0.212. The van der Waals surface area contributed by atoms with Gasteiger partial charge in [0.05, 0.1) is 28.3 Å². The summed E-state index contributed by atoms with van der Waals surface area (Å²) in [6.07, 6.45) is -9.59. The zero-order valence-electron chi connectivity index (χ0n) is 21.6. The minimum absolute atomic E-state index is 0.00397. The first-order chi connectivity index (χ1) is 19.5. The number of rotatable bonds is 7. The fourth-order valence-corrected chi connectivity index (χ4v) is 6.39. The first kappa shape index (κ1) is 31.2. The minimum Gasteiger partial charge on any atom is -0.486 e. The molecule has 6 nitrogen and oxygen atoms in total. The van der Waals surface area contributed by atoms with Gasteiger partial charge in [-0.3, -0.25) is 9.10 Å². The molecule has 4 rings (SSSR count). The van der Waals surface area contributed by atoms with Crippen LogP contribution in [0.25, 0.3) is 11.6 Å². The van der Waals surface area contributed by atoms with Gasteiger partial charge in [-0.2, -0.15) is 26.3 Å². The highest BCUT2D eigenvalue weighted by molar-refractivity contribution is 7.92. The summed E-state index contributed by atoms with van der Waals surface area (Å²) >= 11 is 6.11. The number of alkyl halides is 6. The predicted octanol–water partition coefficient (Wildman–Crippen LogP) is 7.76. The molecule has 1 aliphatic rings. The van der Waals surface area contributed by atoms with Gasteiger partial charge in [-0.25, -0.2) is 8.42 Å². The molecule has 0 saturated carbocycles. The molecule has 224 valence electrons. The third-order valence-electron chi connectivity index (χ3n) is 6.44. The van der Waals surface area contributed by atoms with Crippen molar-refractivity contribution >= 4 is 44.9 Å². The molecular weight excluding hydrogens is 612 g/mol. The third kappa shape index (κ3) is 6.67. The maximum atomic E-state index is 13.7. The predicted molar refractivity (Wildman–Crippen MR) is 144 cm³/mol. The van der Waals surface area contributed by atoms with E-state index in [9.17, 15) is 39.6 Å². The first-order valence-electron chi connectivity index (χ1n) is 12.3. The van der Waals surface area contributed by atoms with E-state index in [-0.39, 0.29) is 46.0 Å². The molecule has 3 aromatic carbocycles. The summed E-state index contributed by atoms with van der Waals surface area (Å²) in [4.78, 5) is 10.5. The number of fused-ring (bicyclic) bond motifs is 1. The average molecular weight is 634 g/mol. The molecule has 1 N–H and O–H groups in total. The van der Waals surface area contributed by atoms with E-state index in [0.717, 1.165) is 34.6 Å². The number of nitrogens with zero attached hydrogens (tertiary/aromatic N) is 1. The lowest BCUT2D eigenvalue weighted by Gasteiger charge is -2.35. The number of hydrogen-bond donors (Lipinski definition) is 1. The maximum Gasteiger partial charge on any atom is 0.417 e. The molecular formula is C28H22ClF6NO5S. The molecule has 0 aliphatic carbocycles. The van der Waals surface area contributed by atoms with Crippen LogP contribution in [0.15, 0.2) is 65.6 Å². The van der Waals surface area contributed by atoms with E-state index in [4.69, 9.17) is 21.4 Å². The number of benzene rings is 3. The molecule has 0 saturated heterocycles. The summed E-state index contributed by atoms with van der Waals surface area (Å²) < 4.78 is 115. The van der Waals surface area contributed by atoms with Crippen LogP contribution in [0.5, 0.6) is 5.75 Å². The van der Waals surface area contributed by atoms with Crippen LogP contribution in [0.3, 0.4) is 0 Å². The normalized spacial score (nSPS) is 16.1. The molecule has 0 amide bonds. The Labute approximate surface area is 241 Å². The number of carboxylic acids is 1. The summed E-state index contributed by atoms with van der Waals surface area (Å²) in [5.74, 6) is -1.17. The highest BCUT2D eigenvalue weighted by atomic mass is 35.5. The lowest BCUT2D eigenvalue weighted by Crippen LogP contribution is -2.43. The number of halogens is 7. The summed E-state index contributed by atoms with van der Waals surface area (Å²) in [6, 6.07) is 10.6. The topological polar surface area (TPSA) is 83.9 Å². The SMILES string of the molecule is C/C(=C\c1ccc2c(c1)N(S(=O)(=O)c1cccc(C(F)(F)F)c1)C[C@H](CCC(=O)O)O2)c1c(Cl)cccc1C(F)(F)F. The monoisotopic (exact) mass is 633 g/mol. The zero-order valence-corrected chi connectivity index (χ0v) is 23.2. The molecule has 0 bridgehead atoms. The molecule has 1 aliphatic heterocycles. The van der Waals surface area contributed by atoms with Crippen LogP contribution < -0.4 is 9.04 Å². The summed E-state index contributed by atoms with van der Waals surface area (Å²) in [6.45, 7) is 0.971. The van der Waals surface area contributed by atoms with Crippen molar-refractivity contribution in [2.24, 2.45) is 0 Å². The smallest absolute Gasteiger partial charge is 0.417 e. The summed E-state index contributed by atoms with van der Waals surface area (Å²) in [5, 5.41) is 8.92. The van der Waals surface area contributed by atoms with Crippen molar-refractivity contribution in [3.8, 4) is 5.75 Å². The Hall–Kier alpha value is -3.71. The van der Waals surface area contributed by atoms with Crippen LogP contribution in [0, 0.1) is 0 Å². The molecule has 14 heteroatoms. The van der Waals surface area contributed by atoms with Crippen molar-refractivity contribution in [2.75, 3.05) is 10.8 Å². The van der Waals surface area contributed by atoms with Crippen molar-refractivity contribution in [3.63, 3.8) is 0 Å². The lowest BCUT2D eigenvalue weighted by atomic mass is 9.98. The molecule has 1 atom stereocenters. The Balaban J connectivity index is 1.82. The average Bonchev–Trinajstić information content (AvgIpc) is 2.90. The van der Waals surface area contributed by atoms with Gasteiger partial charge in [-0.1, -0.05) is 35.9 Å². The van der Waals surface area contributed by atoms with Crippen LogP contribution in [0.2, 0.25) is 5.02 Å². The van der Waals surface area contributed by atoms with Crippen molar-refractivity contribution in [2.45, 2.75) is 43.1 Å². The van der Waals surface area contributed by atoms with Crippen LogP contribution >= 0.6 is 11.6 Å². The molecule has 42 heavy (non-hydrogen) atoms. The van der Waals surface area contributed by atoms with Crippen LogP contribution in [-0.2, 0) is 27.2 Å². The number of hydrogen-bond acceptors (Lipinski definition) is 4. The number of aliphatic carboxylic acids is 1. The van der Waals surface area contributed by atoms with Crippen molar-refractivity contribution in [3.05, 3.63) is 87.9 Å². The Morgan fingerprint density at radius 1 is 1.05 bits per heavy atom. The van der Waals surface area contributed by atoms with Crippen LogP contribution in [0.1, 0.15) is 42.0 Å². The number of anilines is 1. The minimum atomic E-state index is -4.82. The van der Waals surface area contributed by atoms with E-state index in [1.54, 1.807) is 0 Å². The van der Waals surface area contributed by atoms with Gasteiger partial charge in [0.15, 0.2) is 0 Å². The number of allylic oxidation sites excluding steroid dienone is 1. The van der Waals surface area contributed by atoms with E-state index < -0.39 is 57.0 Å². The highest BCUT2D eigenvalue weighted by Gasteiger charge is 2.38. The molecule has 0 unspecified atom stereocenters. The van der Waals surface area contributed by atoms with Crippen LogP contribution in [0.4, 0.5) is 32.0 Å². The second-order valence-electron chi connectivity index (χ2n) is 9.45. The van der Waals surface area contributed by atoms with Gasteiger partial charge < -0.3 is 9.84 Å². The molecule has 0 spiro atoms. The molecule has 0 radical (unpaired) electrons. The molecule has 3 aromatic rings. The number of ether oxygens (including phenoxy) is 1. The van der Waals surface area contributed by atoms with Gasteiger partial charge in [0, 0.05) is 17.0 Å². The Bertz CT molecular complexity index is 1650. The zero-order chi connectivity index (χ0) is 31.0. The van der Waals surface area contributed by atoms with Gasteiger partial charge in [0.1, 0.15) is 11.9 Å². The van der Waals surface area contributed by atoms with Gasteiger partial charge >= 0.3 is 18.3 Å². The van der Waals surface area contributed by atoms with E-state index in [2.05, 4.69) is 0 Å². The Morgan fingerprint density at radius 2 is 1.74 bits per heavy atom. The Kier molecular flexibility index (Phi) is 8.57. The third-order valence-corrected chi connectivity index (χ3v) is 8.53. The van der Waals surface area contributed by atoms with E-state index in [1.165, 1.54) is 37.3 Å². The molecule has 1 heterocycles. The van der Waals surface area contributed by atoms with Gasteiger partial charge in [-0.05, 0) is 66.9 Å². The van der Waals surface area contributed by atoms with E-state index in [1.807, 2.05) is 0 Å². The molecule has 0 fully saturated rings. The summed E-state index contributed by atoms with van der Waals surface area (Å²) in [7, 11) is -4.64. The molecule has 0 aromatic heterocycles. The van der Waals surface area contributed by atoms with Crippen LogP contribution in [-0.4, -0.2) is 32.1 Å². The fourth-order valence-electron chi connectivity index (χ4n) is 4.52. The second-order valence-corrected chi connectivity index (χ2v) is 11.7. The van der Waals surface area contributed by atoms with Gasteiger partial charge in [0.25, 0.3) is 10.0 Å². The number of carboxylic acid groups (broad SMARTS) is 1. The van der Waals surface area contributed by atoms with Crippen molar-refractivity contribution in [1.29, 1.82) is 0 Å². The lowest BCUT2D eigenvalue weighted by molar-refractivity contribution is -0.138. The number of sulfonamides is 1. The van der Waals surface area contributed by atoms with Gasteiger partial charge in [0.2, 0.25) is 0 Å². The largest absolute Gasteiger partial charge is 0.486 e. The highest BCUT2D eigenvalue weighted by Crippen LogP contribution is 2.42. The fraction of sp³-hybridized carbons (Fsp3) is 0.250. The second kappa shape index (κ2) is 11.5. The maximum absolute atomic E-state index is 13.7. The first-order valence-corrected chi connectivity index (χ1v) is 14.1. The summed E-state index contributed by atoms with van der Waals surface area (Å²) in [5.41, 5.74) is -2.17. The van der Waals surface area contributed by atoms with E-state index in [0.29, 0.717) is 6.07 Å². The van der Waals surface area contributed by atoms with Crippen molar-refractivity contribution in [1.82, 2.24) is 0 Å². The van der Waals surface area contributed by atoms with E-state index >= 15 is 0 Å².